The van der Waals surface area contributed by atoms with Crippen LogP contribution in [0.2, 0.25) is 5.02 Å². The van der Waals surface area contributed by atoms with Crippen LogP contribution in [0.4, 0.5) is 5.13 Å². The largest absolute Gasteiger partial charge is 0.338 e. The molecule has 148 valence electrons. The highest BCUT2D eigenvalue weighted by atomic mass is 35.5. The van der Waals surface area contributed by atoms with Crippen LogP contribution in [-0.4, -0.2) is 34.8 Å². The van der Waals surface area contributed by atoms with Gasteiger partial charge in [-0.3, -0.25) is 9.59 Å². The van der Waals surface area contributed by atoms with Gasteiger partial charge < -0.3 is 10.2 Å². The Kier molecular flexibility index (Phi) is 5.92. The number of piperidine rings is 1. The van der Waals surface area contributed by atoms with E-state index < -0.39 is 0 Å². The van der Waals surface area contributed by atoms with Gasteiger partial charge in [0.2, 0.25) is 5.91 Å². The molecule has 0 spiro atoms. The average molecular weight is 426 g/mol. The standard InChI is InChI=1S/C22H20ClN3O2S/c23-18-10-8-16(9-11-18)21(28)26-12-4-7-17(13-26)20(27)25-22-24-19(14-29-22)15-5-2-1-3-6-15/h1-3,5-6,8-11,14,17H,4,7,12-13H2,(H,24,25,27). The number of aromatic nitrogens is 1. The van der Waals surface area contributed by atoms with Crippen LogP contribution in [0.1, 0.15) is 23.2 Å². The van der Waals surface area contributed by atoms with Gasteiger partial charge in [-0.1, -0.05) is 41.9 Å². The number of rotatable bonds is 4. The Balaban J connectivity index is 1.39. The van der Waals surface area contributed by atoms with Crippen molar-refractivity contribution in [2.75, 3.05) is 18.4 Å². The number of thiazole rings is 1. The predicted octanol–water partition coefficient (Wildman–Crippen LogP) is 4.95. The van der Waals surface area contributed by atoms with Gasteiger partial charge in [-0.15, -0.1) is 11.3 Å². The molecule has 29 heavy (non-hydrogen) atoms. The van der Waals surface area contributed by atoms with E-state index in [1.807, 2.05) is 35.7 Å². The number of carbonyl (C=O) groups excluding carboxylic acids is 2. The van der Waals surface area contributed by atoms with E-state index in [1.54, 1.807) is 29.2 Å². The second-order valence-corrected chi connectivity index (χ2v) is 8.28. The number of nitrogens with one attached hydrogen (secondary N) is 1. The average Bonchev–Trinajstić information content (AvgIpc) is 3.23. The quantitative estimate of drug-likeness (QED) is 0.643. The number of likely N-dealkylation sites (tertiary alicyclic amines) is 1. The van der Waals surface area contributed by atoms with Crippen molar-refractivity contribution in [2.45, 2.75) is 12.8 Å². The maximum atomic E-state index is 12.8. The molecule has 3 aromatic rings. The molecule has 1 unspecified atom stereocenters. The maximum Gasteiger partial charge on any atom is 0.253 e. The molecule has 7 heteroatoms. The van der Waals surface area contributed by atoms with Gasteiger partial charge in [0, 0.05) is 34.6 Å². The number of halogens is 1. The van der Waals surface area contributed by atoms with Crippen molar-refractivity contribution < 1.29 is 9.59 Å². The Morgan fingerprint density at radius 1 is 1.10 bits per heavy atom. The second-order valence-electron chi connectivity index (χ2n) is 6.99. The highest BCUT2D eigenvalue weighted by Crippen LogP contribution is 2.26. The van der Waals surface area contributed by atoms with Gasteiger partial charge in [-0.25, -0.2) is 4.98 Å². The third-order valence-electron chi connectivity index (χ3n) is 4.97. The van der Waals surface area contributed by atoms with Crippen molar-refractivity contribution >= 4 is 39.9 Å². The number of amides is 2. The lowest BCUT2D eigenvalue weighted by molar-refractivity contribution is -0.121. The molecule has 0 bridgehead atoms. The number of hydrogen-bond acceptors (Lipinski definition) is 4. The SMILES string of the molecule is O=C(Nc1nc(-c2ccccc2)cs1)C1CCCN(C(=O)c2ccc(Cl)cc2)C1. The van der Waals surface area contributed by atoms with E-state index in [4.69, 9.17) is 11.6 Å². The van der Waals surface area contributed by atoms with Crippen LogP contribution < -0.4 is 5.32 Å². The monoisotopic (exact) mass is 425 g/mol. The maximum absolute atomic E-state index is 12.8. The molecule has 2 aromatic carbocycles. The summed E-state index contributed by atoms with van der Waals surface area (Å²) in [4.78, 5) is 31.8. The van der Waals surface area contributed by atoms with Gasteiger partial charge in [0.05, 0.1) is 11.6 Å². The molecule has 2 amide bonds. The fourth-order valence-electron chi connectivity index (χ4n) is 3.43. The Hall–Kier alpha value is -2.70. The summed E-state index contributed by atoms with van der Waals surface area (Å²) < 4.78 is 0. The van der Waals surface area contributed by atoms with Gasteiger partial charge in [0.25, 0.3) is 5.91 Å². The summed E-state index contributed by atoms with van der Waals surface area (Å²) in [6, 6.07) is 16.7. The normalized spacial score (nSPS) is 16.4. The number of benzene rings is 2. The Morgan fingerprint density at radius 2 is 1.86 bits per heavy atom. The van der Waals surface area contributed by atoms with Crippen molar-refractivity contribution in [1.82, 2.24) is 9.88 Å². The fourth-order valence-corrected chi connectivity index (χ4v) is 4.28. The minimum Gasteiger partial charge on any atom is -0.338 e. The Morgan fingerprint density at radius 3 is 2.62 bits per heavy atom. The summed E-state index contributed by atoms with van der Waals surface area (Å²) in [7, 11) is 0. The molecule has 0 radical (unpaired) electrons. The first kappa shape index (κ1) is 19.6. The molecule has 0 aliphatic carbocycles. The first-order valence-corrected chi connectivity index (χ1v) is 10.7. The first-order valence-electron chi connectivity index (χ1n) is 9.47. The van der Waals surface area contributed by atoms with Crippen molar-refractivity contribution in [2.24, 2.45) is 5.92 Å². The van der Waals surface area contributed by atoms with Crippen molar-refractivity contribution in [1.29, 1.82) is 0 Å². The minimum atomic E-state index is -0.246. The lowest BCUT2D eigenvalue weighted by Crippen LogP contribution is -2.43. The van der Waals surface area contributed by atoms with Crippen molar-refractivity contribution in [3.63, 3.8) is 0 Å². The summed E-state index contributed by atoms with van der Waals surface area (Å²) in [5, 5.41) is 6.03. The molecule has 1 fully saturated rings. The molecule has 1 N–H and O–H groups in total. The fraction of sp³-hybridized carbons (Fsp3) is 0.227. The van der Waals surface area contributed by atoms with Gasteiger partial charge in [-0.05, 0) is 37.1 Å². The molecular weight excluding hydrogens is 406 g/mol. The summed E-state index contributed by atoms with van der Waals surface area (Å²) in [6.45, 7) is 1.06. The third-order valence-corrected chi connectivity index (χ3v) is 5.98. The first-order chi connectivity index (χ1) is 14.1. The molecule has 4 rings (SSSR count). The summed E-state index contributed by atoms with van der Waals surface area (Å²) in [5.74, 6) is -0.406. The van der Waals surface area contributed by atoms with Crippen LogP contribution in [-0.2, 0) is 4.79 Å². The predicted molar refractivity (Wildman–Crippen MR) is 116 cm³/mol. The third kappa shape index (κ3) is 4.66. The van der Waals surface area contributed by atoms with Crippen LogP contribution in [0.15, 0.2) is 60.0 Å². The van der Waals surface area contributed by atoms with Crippen LogP contribution in [0.5, 0.6) is 0 Å². The zero-order valence-electron chi connectivity index (χ0n) is 15.7. The van der Waals surface area contributed by atoms with E-state index in [1.165, 1.54) is 11.3 Å². The molecule has 1 atom stereocenters. The van der Waals surface area contributed by atoms with Crippen LogP contribution >= 0.6 is 22.9 Å². The highest BCUT2D eigenvalue weighted by molar-refractivity contribution is 7.14. The lowest BCUT2D eigenvalue weighted by Gasteiger charge is -2.32. The molecular formula is C22H20ClN3O2S. The number of hydrogen-bond donors (Lipinski definition) is 1. The summed E-state index contributed by atoms with van der Waals surface area (Å²) >= 11 is 7.31. The number of nitrogens with zero attached hydrogens (tertiary/aromatic N) is 2. The molecule has 2 heterocycles. The van der Waals surface area contributed by atoms with Crippen molar-refractivity contribution in [3.05, 3.63) is 70.6 Å². The van der Waals surface area contributed by atoms with Gasteiger partial charge in [0.15, 0.2) is 5.13 Å². The van der Waals surface area contributed by atoms with E-state index in [-0.39, 0.29) is 17.7 Å². The smallest absolute Gasteiger partial charge is 0.253 e. The molecule has 1 aliphatic rings. The summed E-state index contributed by atoms with van der Waals surface area (Å²) in [5.41, 5.74) is 2.44. The van der Waals surface area contributed by atoms with E-state index in [0.29, 0.717) is 28.8 Å². The topological polar surface area (TPSA) is 62.3 Å². The van der Waals surface area contributed by atoms with Gasteiger partial charge >= 0.3 is 0 Å². The second kappa shape index (κ2) is 8.76. The Bertz CT molecular complexity index is 1000. The van der Waals surface area contributed by atoms with Gasteiger partial charge in [-0.2, -0.15) is 0 Å². The highest BCUT2D eigenvalue weighted by Gasteiger charge is 2.29. The minimum absolute atomic E-state index is 0.0696. The lowest BCUT2D eigenvalue weighted by atomic mass is 9.96. The molecule has 1 aliphatic heterocycles. The number of anilines is 1. The van der Waals surface area contributed by atoms with Crippen LogP contribution in [0.25, 0.3) is 11.3 Å². The van der Waals surface area contributed by atoms with E-state index in [2.05, 4.69) is 10.3 Å². The van der Waals surface area contributed by atoms with E-state index in [9.17, 15) is 9.59 Å². The zero-order chi connectivity index (χ0) is 20.2. The Labute approximate surface area is 178 Å². The van der Waals surface area contributed by atoms with E-state index >= 15 is 0 Å². The van der Waals surface area contributed by atoms with Gasteiger partial charge in [0.1, 0.15) is 0 Å². The zero-order valence-corrected chi connectivity index (χ0v) is 17.2. The van der Waals surface area contributed by atoms with Crippen molar-refractivity contribution in [3.8, 4) is 11.3 Å². The molecule has 0 saturated carbocycles. The van der Waals surface area contributed by atoms with Crippen LogP contribution in [0, 0.1) is 5.92 Å². The molecule has 5 nitrogen and oxygen atoms in total. The molecule has 1 saturated heterocycles. The summed E-state index contributed by atoms with van der Waals surface area (Å²) in [6.07, 6.45) is 1.55. The number of carbonyl (C=O) groups is 2. The van der Waals surface area contributed by atoms with E-state index in [0.717, 1.165) is 24.1 Å². The molecule has 1 aromatic heterocycles. The van der Waals surface area contributed by atoms with Crippen LogP contribution in [0.3, 0.4) is 0 Å².